The Bertz CT molecular complexity index is 958. The first kappa shape index (κ1) is 21.0. The van der Waals surface area contributed by atoms with E-state index < -0.39 is 10.0 Å². The van der Waals surface area contributed by atoms with Gasteiger partial charge in [-0.15, -0.1) is 0 Å². The standard InChI is InChI=1S/C21H24N2O5S/c1-2-26-13-14-28-19-7-9-21(10-8-19)29(24,25)23(17-20-6-4-12-27-20)16-18-5-3-11-22-15-18/h3-12,15H,2,13-14,16-17H2,1H3. The molecule has 0 radical (unpaired) electrons. The molecule has 0 spiro atoms. The SMILES string of the molecule is CCOCCOc1ccc(S(=O)(=O)N(Cc2cccnc2)Cc2ccco2)cc1. The molecule has 0 aliphatic heterocycles. The van der Waals surface area contributed by atoms with Crippen molar-refractivity contribution in [3.05, 3.63) is 78.5 Å². The zero-order chi connectivity index (χ0) is 20.5. The monoisotopic (exact) mass is 416 g/mol. The number of hydrogen-bond acceptors (Lipinski definition) is 6. The first-order valence-electron chi connectivity index (χ1n) is 9.31. The van der Waals surface area contributed by atoms with Crippen LogP contribution < -0.4 is 4.74 Å². The number of hydrogen-bond donors (Lipinski definition) is 0. The van der Waals surface area contributed by atoms with Crippen molar-refractivity contribution in [3.63, 3.8) is 0 Å². The molecule has 8 heteroatoms. The van der Waals surface area contributed by atoms with Gasteiger partial charge in [-0.2, -0.15) is 4.31 Å². The Balaban J connectivity index is 1.78. The van der Waals surface area contributed by atoms with Crippen molar-refractivity contribution < 1.29 is 22.3 Å². The fraction of sp³-hybridized carbons (Fsp3) is 0.286. The van der Waals surface area contributed by atoms with Crippen LogP contribution in [-0.2, 0) is 27.8 Å². The molecule has 0 saturated heterocycles. The lowest BCUT2D eigenvalue weighted by atomic mass is 10.3. The summed E-state index contributed by atoms with van der Waals surface area (Å²) >= 11 is 0. The van der Waals surface area contributed by atoms with Crippen LogP contribution in [0.1, 0.15) is 18.2 Å². The van der Waals surface area contributed by atoms with Gasteiger partial charge in [0.25, 0.3) is 0 Å². The van der Waals surface area contributed by atoms with Crippen LogP contribution in [0.2, 0.25) is 0 Å². The number of benzene rings is 1. The minimum absolute atomic E-state index is 0.122. The molecule has 0 bridgehead atoms. The summed E-state index contributed by atoms with van der Waals surface area (Å²) in [6, 6.07) is 13.5. The lowest BCUT2D eigenvalue weighted by molar-refractivity contribution is 0.110. The van der Waals surface area contributed by atoms with Gasteiger partial charge in [0.1, 0.15) is 18.1 Å². The van der Waals surface area contributed by atoms with Crippen LogP contribution in [-0.4, -0.2) is 37.5 Å². The summed E-state index contributed by atoms with van der Waals surface area (Å²) in [7, 11) is -3.76. The fourth-order valence-corrected chi connectivity index (χ4v) is 4.11. The predicted molar refractivity (Wildman–Crippen MR) is 108 cm³/mol. The van der Waals surface area contributed by atoms with E-state index in [-0.39, 0.29) is 18.0 Å². The van der Waals surface area contributed by atoms with E-state index in [1.807, 2.05) is 13.0 Å². The van der Waals surface area contributed by atoms with E-state index >= 15 is 0 Å². The molecule has 0 unspecified atom stereocenters. The van der Waals surface area contributed by atoms with Crippen molar-refractivity contribution in [3.8, 4) is 5.75 Å². The Morgan fingerprint density at radius 3 is 2.52 bits per heavy atom. The largest absolute Gasteiger partial charge is 0.491 e. The third-order valence-electron chi connectivity index (χ3n) is 4.16. The molecule has 0 saturated carbocycles. The van der Waals surface area contributed by atoms with Crippen LogP contribution in [0.25, 0.3) is 0 Å². The van der Waals surface area contributed by atoms with Crippen LogP contribution in [0.5, 0.6) is 5.75 Å². The third kappa shape index (κ3) is 5.90. The summed E-state index contributed by atoms with van der Waals surface area (Å²) in [6.07, 6.45) is 4.83. The van der Waals surface area contributed by atoms with Gasteiger partial charge in [0, 0.05) is 25.5 Å². The van der Waals surface area contributed by atoms with Crippen LogP contribution in [0.3, 0.4) is 0 Å². The Kier molecular flexibility index (Phi) is 7.40. The lowest BCUT2D eigenvalue weighted by Crippen LogP contribution is -2.30. The average molecular weight is 416 g/mol. The predicted octanol–water partition coefficient (Wildman–Crippen LogP) is 3.48. The zero-order valence-corrected chi connectivity index (χ0v) is 17.0. The smallest absolute Gasteiger partial charge is 0.243 e. The van der Waals surface area contributed by atoms with E-state index in [2.05, 4.69) is 4.98 Å². The number of ether oxygens (including phenoxy) is 2. The van der Waals surface area contributed by atoms with Gasteiger partial charge in [0.05, 0.1) is 24.3 Å². The van der Waals surface area contributed by atoms with Gasteiger partial charge in [-0.25, -0.2) is 8.42 Å². The molecule has 29 heavy (non-hydrogen) atoms. The summed E-state index contributed by atoms with van der Waals surface area (Å²) in [5, 5.41) is 0. The quantitative estimate of drug-likeness (QED) is 0.445. The van der Waals surface area contributed by atoms with E-state index in [1.54, 1.807) is 54.9 Å². The van der Waals surface area contributed by atoms with Crippen molar-refractivity contribution >= 4 is 10.0 Å². The highest BCUT2D eigenvalue weighted by molar-refractivity contribution is 7.89. The maximum Gasteiger partial charge on any atom is 0.243 e. The lowest BCUT2D eigenvalue weighted by Gasteiger charge is -2.21. The van der Waals surface area contributed by atoms with E-state index in [4.69, 9.17) is 13.9 Å². The molecular formula is C21H24N2O5S. The van der Waals surface area contributed by atoms with Gasteiger partial charge < -0.3 is 13.9 Å². The average Bonchev–Trinajstić information content (AvgIpc) is 3.25. The molecule has 0 aliphatic rings. The zero-order valence-electron chi connectivity index (χ0n) is 16.2. The normalized spacial score (nSPS) is 11.7. The topological polar surface area (TPSA) is 81.9 Å². The molecule has 3 rings (SSSR count). The van der Waals surface area contributed by atoms with E-state index in [0.29, 0.717) is 31.3 Å². The second-order valence-corrected chi connectivity index (χ2v) is 8.17. The summed E-state index contributed by atoms with van der Waals surface area (Å²) in [4.78, 5) is 4.26. The number of nitrogens with zero attached hydrogens (tertiary/aromatic N) is 2. The number of aromatic nitrogens is 1. The molecule has 0 aliphatic carbocycles. The van der Waals surface area contributed by atoms with E-state index in [0.717, 1.165) is 5.56 Å². The summed E-state index contributed by atoms with van der Waals surface area (Å²) in [6.45, 7) is 3.74. The first-order chi connectivity index (χ1) is 14.1. The second kappa shape index (κ2) is 10.2. The molecule has 154 valence electrons. The molecule has 0 amide bonds. The van der Waals surface area contributed by atoms with Crippen molar-refractivity contribution in [1.82, 2.24) is 9.29 Å². The van der Waals surface area contributed by atoms with Crippen LogP contribution in [0.15, 0.2) is 76.5 Å². The Morgan fingerprint density at radius 1 is 1.03 bits per heavy atom. The second-order valence-electron chi connectivity index (χ2n) is 6.23. The number of pyridine rings is 1. The Labute approximate surface area is 170 Å². The van der Waals surface area contributed by atoms with Crippen LogP contribution in [0, 0.1) is 0 Å². The van der Waals surface area contributed by atoms with Crippen LogP contribution >= 0.6 is 0 Å². The summed E-state index contributed by atoms with van der Waals surface area (Å²) in [5.41, 5.74) is 0.790. The molecular weight excluding hydrogens is 392 g/mol. The first-order valence-corrected chi connectivity index (χ1v) is 10.8. The van der Waals surface area contributed by atoms with Crippen molar-refractivity contribution in [2.75, 3.05) is 19.8 Å². The highest BCUT2D eigenvalue weighted by Gasteiger charge is 2.26. The molecule has 7 nitrogen and oxygen atoms in total. The van der Waals surface area contributed by atoms with Gasteiger partial charge in [-0.1, -0.05) is 6.07 Å². The minimum atomic E-state index is -3.76. The van der Waals surface area contributed by atoms with E-state index in [1.165, 1.54) is 10.6 Å². The van der Waals surface area contributed by atoms with Gasteiger partial charge in [-0.3, -0.25) is 4.98 Å². The number of rotatable bonds is 11. The van der Waals surface area contributed by atoms with Gasteiger partial charge in [-0.05, 0) is 55.0 Å². The highest BCUT2D eigenvalue weighted by atomic mass is 32.2. The van der Waals surface area contributed by atoms with Gasteiger partial charge in [0.2, 0.25) is 10.0 Å². The van der Waals surface area contributed by atoms with Gasteiger partial charge >= 0.3 is 0 Å². The molecule has 0 fully saturated rings. The van der Waals surface area contributed by atoms with Crippen molar-refractivity contribution in [2.45, 2.75) is 24.9 Å². The Hall–Kier alpha value is -2.68. The molecule has 3 aromatic rings. The summed E-state index contributed by atoms with van der Waals surface area (Å²) in [5.74, 6) is 1.15. The van der Waals surface area contributed by atoms with Gasteiger partial charge in [0.15, 0.2) is 0 Å². The molecule has 0 atom stereocenters. The minimum Gasteiger partial charge on any atom is -0.491 e. The highest BCUT2D eigenvalue weighted by Crippen LogP contribution is 2.23. The summed E-state index contributed by atoms with van der Waals surface area (Å²) < 4.78 is 44.1. The molecule has 2 heterocycles. The fourth-order valence-electron chi connectivity index (χ4n) is 2.72. The van der Waals surface area contributed by atoms with Crippen molar-refractivity contribution in [1.29, 1.82) is 0 Å². The van der Waals surface area contributed by atoms with Crippen molar-refractivity contribution in [2.24, 2.45) is 0 Å². The molecule has 0 N–H and O–H groups in total. The number of sulfonamides is 1. The maximum absolute atomic E-state index is 13.3. The third-order valence-corrected chi connectivity index (χ3v) is 5.96. The maximum atomic E-state index is 13.3. The van der Waals surface area contributed by atoms with Crippen LogP contribution in [0.4, 0.5) is 0 Å². The molecule has 2 aromatic heterocycles. The van der Waals surface area contributed by atoms with E-state index in [9.17, 15) is 8.42 Å². The number of furan rings is 1. The Morgan fingerprint density at radius 2 is 1.86 bits per heavy atom. The molecule has 1 aromatic carbocycles.